The average Bonchev–Trinajstić information content (AvgIpc) is 2.05. The van der Waals surface area contributed by atoms with Gasteiger partial charge < -0.3 is 4.74 Å². The zero-order chi connectivity index (χ0) is 11.5. The molecule has 1 aromatic rings. The number of alkyl halides is 3. The van der Waals surface area contributed by atoms with E-state index in [9.17, 15) is 13.2 Å². The largest absolute Gasteiger partial charge is 0.573 e. The molecule has 0 saturated heterocycles. The van der Waals surface area contributed by atoms with Crippen LogP contribution in [0.4, 0.5) is 13.2 Å². The summed E-state index contributed by atoms with van der Waals surface area (Å²) in [4.78, 5) is 0. The second kappa shape index (κ2) is 4.57. The predicted octanol–water partition coefficient (Wildman–Crippen LogP) is 3.88. The van der Waals surface area contributed by atoms with Gasteiger partial charge in [-0.1, -0.05) is 36.4 Å². The molecule has 1 rings (SSSR count). The molecule has 0 aliphatic rings. The monoisotopic (exact) mass is 236 g/mol. The number of hydrogen-bond acceptors (Lipinski definition) is 1. The Labute approximate surface area is 90.1 Å². The maximum Gasteiger partial charge on any atom is 0.573 e. The second-order valence-electron chi connectivity index (χ2n) is 2.85. The highest BCUT2D eigenvalue weighted by molar-refractivity contribution is 6.29. The quantitative estimate of drug-likeness (QED) is 0.774. The van der Waals surface area contributed by atoms with Crippen LogP contribution in [-0.4, -0.2) is 6.36 Å². The Morgan fingerprint density at radius 2 is 1.93 bits per heavy atom. The molecule has 1 aromatic carbocycles. The smallest absolute Gasteiger partial charge is 0.405 e. The van der Waals surface area contributed by atoms with Crippen molar-refractivity contribution in [2.75, 3.05) is 0 Å². The van der Waals surface area contributed by atoms with Crippen molar-refractivity contribution in [3.05, 3.63) is 41.4 Å². The Morgan fingerprint density at radius 1 is 1.33 bits per heavy atom. The van der Waals surface area contributed by atoms with E-state index in [-0.39, 0.29) is 17.2 Å². The van der Waals surface area contributed by atoms with Gasteiger partial charge in [-0.2, -0.15) is 0 Å². The molecule has 0 atom stereocenters. The van der Waals surface area contributed by atoms with E-state index in [0.717, 1.165) is 0 Å². The summed E-state index contributed by atoms with van der Waals surface area (Å²) in [7, 11) is 0. The van der Waals surface area contributed by atoms with Crippen molar-refractivity contribution < 1.29 is 17.9 Å². The molecule has 0 bridgehead atoms. The molecule has 0 amide bonds. The molecule has 0 aromatic heterocycles. The van der Waals surface area contributed by atoms with Crippen LogP contribution < -0.4 is 4.74 Å². The molecule has 15 heavy (non-hydrogen) atoms. The van der Waals surface area contributed by atoms with Crippen molar-refractivity contribution in [1.82, 2.24) is 0 Å². The van der Waals surface area contributed by atoms with E-state index < -0.39 is 6.36 Å². The lowest BCUT2D eigenvalue weighted by molar-refractivity contribution is -0.274. The summed E-state index contributed by atoms with van der Waals surface area (Å²) in [6.45, 7) is 3.42. The van der Waals surface area contributed by atoms with Crippen LogP contribution in [0.15, 0.2) is 35.9 Å². The molecule has 1 nitrogen and oxygen atoms in total. The van der Waals surface area contributed by atoms with Gasteiger partial charge in [0.05, 0.1) is 0 Å². The zero-order valence-electron chi connectivity index (χ0n) is 7.64. The number of hydrogen-bond donors (Lipinski definition) is 0. The molecule has 5 heteroatoms. The first-order valence-corrected chi connectivity index (χ1v) is 4.43. The molecule has 0 saturated carbocycles. The van der Waals surface area contributed by atoms with E-state index in [0.29, 0.717) is 5.56 Å². The van der Waals surface area contributed by atoms with Crippen molar-refractivity contribution in [3.63, 3.8) is 0 Å². The predicted molar refractivity (Wildman–Crippen MR) is 51.8 cm³/mol. The van der Waals surface area contributed by atoms with Gasteiger partial charge in [0.15, 0.2) is 0 Å². The van der Waals surface area contributed by atoms with Gasteiger partial charge >= 0.3 is 6.36 Å². The molecular weight excluding hydrogens is 229 g/mol. The third-order valence-electron chi connectivity index (χ3n) is 1.58. The molecule has 0 fully saturated rings. The van der Waals surface area contributed by atoms with Crippen LogP contribution in [0.3, 0.4) is 0 Å². The zero-order valence-corrected chi connectivity index (χ0v) is 8.40. The number of benzene rings is 1. The molecule has 0 heterocycles. The Kier molecular flexibility index (Phi) is 3.63. The van der Waals surface area contributed by atoms with Gasteiger partial charge in [-0.3, -0.25) is 0 Å². The number of para-hydroxylation sites is 1. The van der Waals surface area contributed by atoms with Crippen molar-refractivity contribution in [2.45, 2.75) is 12.8 Å². The van der Waals surface area contributed by atoms with Crippen LogP contribution in [0.5, 0.6) is 5.75 Å². The lowest BCUT2D eigenvalue weighted by Gasteiger charge is -2.12. The Balaban J connectivity index is 2.91. The lowest BCUT2D eigenvalue weighted by atomic mass is 10.1. The van der Waals surface area contributed by atoms with Crippen molar-refractivity contribution in [3.8, 4) is 5.75 Å². The highest BCUT2D eigenvalue weighted by Crippen LogP contribution is 2.27. The minimum absolute atomic E-state index is 0.147. The van der Waals surface area contributed by atoms with E-state index in [2.05, 4.69) is 11.3 Å². The van der Waals surface area contributed by atoms with Crippen LogP contribution in [-0.2, 0) is 6.42 Å². The fraction of sp³-hybridized carbons (Fsp3) is 0.200. The van der Waals surface area contributed by atoms with Gasteiger partial charge in [-0.25, -0.2) is 0 Å². The minimum atomic E-state index is -4.69. The molecule has 0 N–H and O–H groups in total. The molecule has 0 unspecified atom stereocenters. The van der Waals surface area contributed by atoms with Crippen LogP contribution in [0.25, 0.3) is 0 Å². The van der Waals surface area contributed by atoms with Gasteiger partial charge in [-0.15, -0.1) is 13.2 Å². The average molecular weight is 237 g/mol. The normalized spacial score (nSPS) is 11.2. The van der Waals surface area contributed by atoms with Gasteiger partial charge in [0, 0.05) is 11.5 Å². The third kappa shape index (κ3) is 4.25. The Hall–Kier alpha value is -1.16. The van der Waals surface area contributed by atoms with Crippen LogP contribution in [0.2, 0.25) is 0 Å². The molecule has 0 aliphatic carbocycles. The topological polar surface area (TPSA) is 9.23 Å². The van der Waals surface area contributed by atoms with Crippen LogP contribution >= 0.6 is 11.6 Å². The maximum atomic E-state index is 12.0. The number of ether oxygens (including phenoxy) is 1. The van der Waals surface area contributed by atoms with Gasteiger partial charge in [0.25, 0.3) is 0 Å². The van der Waals surface area contributed by atoms with E-state index in [1.807, 2.05) is 0 Å². The summed E-state index contributed by atoms with van der Waals surface area (Å²) in [6.07, 6.45) is -4.54. The fourth-order valence-electron chi connectivity index (χ4n) is 1.08. The van der Waals surface area contributed by atoms with Gasteiger partial charge in [-0.05, 0) is 11.6 Å². The van der Waals surface area contributed by atoms with Crippen LogP contribution in [0, 0.1) is 0 Å². The summed E-state index contributed by atoms with van der Waals surface area (Å²) in [5.74, 6) is -0.244. The molecule has 0 radical (unpaired) electrons. The minimum Gasteiger partial charge on any atom is -0.405 e. The molecule has 0 spiro atoms. The Morgan fingerprint density at radius 3 is 2.47 bits per heavy atom. The van der Waals surface area contributed by atoms with E-state index in [1.165, 1.54) is 18.2 Å². The number of allylic oxidation sites excluding steroid dienone is 1. The first-order chi connectivity index (χ1) is 6.88. The van der Waals surface area contributed by atoms with E-state index >= 15 is 0 Å². The molecular formula is C10H8ClF3O. The fourth-order valence-corrected chi connectivity index (χ4v) is 1.22. The molecule has 0 aliphatic heterocycles. The van der Waals surface area contributed by atoms with Gasteiger partial charge in [0.2, 0.25) is 0 Å². The van der Waals surface area contributed by atoms with E-state index in [4.69, 9.17) is 11.6 Å². The van der Waals surface area contributed by atoms with Gasteiger partial charge in [0.1, 0.15) is 5.75 Å². The van der Waals surface area contributed by atoms with Crippen molar-refractivity contribution in [2.24, 2.45) is 0 Å². The summed E-state index contributed by atoms with van der Waals surface area (Å²) >= 11 is 5.52. The summed E-state index contributed by atoms with van der Waals surface area (Å²) in [5, 5.41) is 0.258. The highest BCUT2D eigenvalue weighted by Gasteiger charge is 2.31. The summed E-state index contributed by atoms with van der Waals surface area (Å²) in [6, 6.07) is 5.82. The maximum absolute atomic E-state index is 12.0. The van der Waals surface area contributed by atoms with Crippen LogP contribution in [0.1, 0.15) is 5.56 Å². The molecule has 82 valence electrons. The van der Waals surface area contributed by atoms with Crippen molar-refractivity contribution in [1.29, 1.82) is 0 Å². The number of rotatable bonds is 3. The Bertz CT molecular complexity index is 360. The lowest BCUT2D eigenvalue weighted by Crippen LogP contribution is -2.18. The number of halogens is 4. The third-order valence-corrected chi connectivity index (χ3v) is 1.71. The standard InChI is InChI=1S/C10H8ClF3O/c1-7(11)6-8-4-2-3-5-9(8)15-10(12,13)14/h2-5H,1,6H2. The summed E-state index contributed by atoms with van der Waals surface area (Å²) < 4.78 is 39.8. The second-order valence-corrected chi connectivity index (χ2v) is 3.38. The first-order valence-electron chi connectivity index (χ1n) is 4.05. The SMILES string of the molecule is C=C(Cl)Cc1ccccc1OC(F)(F)F. The van der Waals surface area contributed by atoms with Crippen molar-refractivity contribution >= 4 is 11.6 Å². The van der Waals surface area contributed by atoms with E-state index in [1.54, 1.807) is 6.07 Å². The first kappa shape index (κ1) is 11.9. The summed E-state index contributed by atoms with van der Waals surface area (Å²) in [5.41, 5.74) is 0.356. The highest BCUT2D eigenvalue weighted by atomic mass is 35.5.